The van der Waals surface area contributed by atoms with Gasteiger partial charge < -0.3 is 19.2 Å². The summed E-state index contributed by atoms with van der Waals surface area (Å²) in [5, 5.41) is 7.42. The minimum absolute atomic E-state index is 0.0780. The van der Waals surface area contributed by atoms with E-state index < -0.39 is 11.7 Å². The van der Waals surface area contributed by atoms with Crippen molar-refractivity contribution in [2.24, 2.45) is 11.8 Å². The fourth-order valence-corrected chi connectivity index (χ4v) is 3.21. The molecule has 0 unspecified atom stereocenters. The number of para-hydroxylation sites is 2. The van der Waals surface area contributed by atoms with Crippen LogP contribution in [0, 0.1) is 11.8 Å². The fourth-order valence-electron chi connectivity index (χ4n) is 3.21. The molecule has 1 aromatic heterocycles. The van der Waals surface area contributed by atoms with Crippen LogP contribution in [0.2, 0.25) is 0 Å². The van der Waals surface area contributed by atoms with Crippen molar-refractivity contribution in [3.05, 3.63) is 34.8 Å². The van der Waals surface area contributed by atoms with E-state index in [-0.39, 0.29) is 30.3 Å². The van der Waals surface area contributed by atoms with Gasteiger partial charge in [-0.25, -0.2) is 4.79 Å². The van der Waals surface area contributed by atoms with Crippen LogP contribution in [0.3, 0.4) is 0 Å². The molecule has 2 saturated heterocycles. The molecular weight excluding hydrogens is 344 g/mol. The third-order valence-electron chi connectivity index (χ3n) is 4.40. The highest BCUT2D eigenvalue weighted by Gasteiger charge is 2.45. The lowest BCUT2D eigenvalue weighted by Gasteiger charge is -2.17. The van der Waals surface area contributed by atoms with Gasteiger partial charge in [0, 0.05) is 25.9 Å². The number of hydrogen-bond donors (Lipinski definition) is 1. The van der Waals surface area contributed by atoms with E-state index in [0.717, 1.165) is 6.92 Å². The summed E-state index contributed by atoms with van der Waals surface area (Å²) in [5.74, 6) is -1.94. The van der Waals surface area contributed by atoms with Gasteiger partial charge in [0.15, 0.2) is 5.58 Å². The van der Waals surface area contributed by atoms with Crippen molar-refractivity contribution >= 4 is 28.9 Å². The van der Waals surface area contributed by atoms with E-state index in [9.17, 15) is 14.4 Å². The van der Waals surface area contributed by atoms with Crippen molar-refractivity contribution in [1.82, 2.24) is 9.47 Å². The Morgan fingerprint density at radius 3 is 2.62 bits per heavy atom. The van der Waals surface area contributed by atoms with Crippen LogP contribution in [0.1, 0.15) is 6.92 Å². The molecule has 2 aromatic rings. The van der Waals surface area contributed by atoms with Crippen molar-refractivity contribution in [3.8, 4) is 0 Å². The standard InChI is InChI=1S/C15H14N2O5.C2H4O2/c18-13(16-5-9-8-21-14(19)10(9)6-16)7-17-11-3-1-2-4-12(11)22-15(17)20;1-2(3)4/h1-4,9-10H,5-8H2;1H3,(H,3,4)/t9-,10-;/m1./s1. The molecule has 26 heavy (non-hydrogen) atoms. The quantitative estimate of drug-likeness (QED) is 0.764. The number of benzene rings is 1. The first-order valence-electron chi connectivity index (χ1n) is 8.09. The average molecular weight is 362 g/mol. The Hall–Kier alpha value is -3.10. The molecule has 4 rings (SSSR count). The molecule has 9 heteroatoms. The molecule has 1 aromatic carbocycles. The number of carbonyl (C=O) groups excluding carboxylic acids is 2. The van der Waals surface area contributed by atoms with Crippen LogP contribution in [0.25, 0.3) is 11.1 Å². The third-order valence-corrected chi connectivity index (χ3v) is 4.40. The number of cyclic esters (lactones) is 1. The summed E-state index contributed by atoms with van der Waals surface area (Å²) < 4.78 is 11.4. The van der Waals surface area contributed by atoms with Gasteiger partial charge in [-0.05, 0) is 12.1 Å². The molecule has 0 spiro atoms. The van der Waals surface area contributed by atoms with E-state index in [2.05, 4.69) is 0 Å². The molecule has 2 aliphatic heterocycles. The normalized spacial score (nSPS) is 21.1. The molecule has 3 heterocycles. The van der Waals surface area contributed by atoms with E-state index in [1.165, 1.54) is 4.57 Å². The Morgan fingerprint density at radius 1 is 1.23 bits per heavy atom. The van der Waals surface area contributed by atoms with Gasteiger partial charge in [0.1, 0.15) is 6.54 Å². The number of nitrogens with zero attached hydrogens (tertiary/aromatic N) is 2. The molecule has 1 amide bonds. The number of hydrogen-bond acceptors (Lipinski definition) is 6. The lowest BCUT2D eigenvalue weighted by Crippen LogP contribution is -2.35. The summed E-state index contributed by atoms with van der Waals surface area (Å²) in [6.07, 6.45) is 0. The Kier molecular flexibility index (Phi) is 4.79. The maximum atomic E-state index is 12.4. The monoisotopic (exact) mass is 362 g/mol. The van der Waals surface area contributed by atoms with E-state index in [1.807, 2.05) is 0 Å². The third kappa shape index (κ3) is 3.46. The topological polar surface area (TPSA) is 119 Å². The number of amides is 1. The Balaban J connectivity index is 0.000000447. The zero-order valence-electron chi connectivity index (χ0n) is 14.1. The highest BCUT2D eigenvalue weighted by molar-refractivity contribution is 5.82. The molecule has 0 saturated carbocycles. The lowest BCUT2D eigenvalue weighted by molar-refractivity contribution is -0.142. The van der Waals surface area contributed by atoms with E-state index >= 15 is 0 Å². The van der Waals surface area contributed by atoms with Crippen molar-refractivity contribution in [2.45, 2.75) is 13.5 Å². The molecule has 0 aliphatic carbocycles. The molecule has 9 nitrogen and oxygen atoms in total. The summed E-state index contributed by atoms with van der Waals surface area (Å²) in [6, 6.07) is 6.98. The largest absolute Gasteiger partial charge is 0.481 e. The number of likely N-dealkylation sites (tertiary alicyclic amines) is 1. The maximum Gasteiger partial charge on any atom is 0.420 e. The summed E-state index contributed by atoms with van der Waals surface area (Å²) in [5.41, 5.74) is 1.06. The Labute approximate surface area is 147 Å². The van der Waals surface area contributed by atoms with Crippen LogP contribution in [-0.2, 0) is 25.7 Å². The number of carboxylic acid groups (broad SMARTS) is 1. The minimum Gasteiger partial charge on any atom is -0.481 e. The fraction of sp³-hybridized carbons (Fsp3) is 0.412. The van der Waals surface area contributed by atoms with Gasteiger partial charge in [-0.2, -0.15) is 0 Å². The van der Waals surface area contributed by atoms with Crippen molar-refractivity contribution < 1.29 is 28.6 Å². The highest BCUT2D eigenvalue weighted by Crippen LogP contribution is 2.30. The predicted octanol–water partition coefficient (Wildman–Crippen LogP) is 0.317. The van der Waals surface area contributed by atoms with Crippen LogP contribution in [0.15, 0.2) is 33.5 Å². The number of oxazole rings is 1. The molecule has 2 atom stereocenters. The molecule has 1 N–H and O–H groups in total. The summed E-state index contributed by atoms with van der Waals surface area (Å²) >= 11 is 0. The van der Waals surface area contributed by atoms with Crippen molar-refractivity contribution in [1.29, 1.82) is 0 Å². The number of carbonyl (C=O) groups is 3. The predicted molar refractivity (Wildman–Crippen MR) is 88.3 cm³/mol. The van der Waals surface area contributed by atoms with Gasteiger partial charge in [0.05, 0.1) is 18.0 Å². The second-order valence-corrected chi connectivity index (χ2v) is 6.24. The molecule has 2 fully saturated rings. The SMILES string of the molecule is CC(=O)O.O=C1OC[C@H]2CN(C(=O)Cn3c(=O)oc4ccccc43)C[C@@H]12. The van der Waals surface area contributed by atoms with Gasteiger partial charge >= 0.3 is 11.7 Å². The van der Waals surface area contributed by atoms with Crippen molar-refractivity contribution in [3.63, 3.8) is 0 Å². The second kappa shape index (κ2) is 7.03. The van der Waals surface area contributed by atoms with Gasteiger partial charge in [-0.3, -0.25) is 19.0 Å². The maximum absolute atomic E-state index is 12.4. The number of rotatable bonds is 2. The average Bonchev–Trinajstić information content (AvgIpc) is 3.23. The van der Waals surface area contributed by atoms with Crippen LogP contribution in [0.4, 0.5) is 0 Å². The molecular formula is C17H18N2O7. The van der Waals surface area contributed by atoms with Gasteiger partial charge in [-0.1, -0.05) is 12.1 Å². The van der Waals surface area contributed by atoms with Gasteiger partial charge in [0.2, 0.25) is 5.91 Å². The zero-order valence-corrected chi connectivity index (χ0v) is 14.1. The number of ether oxygens (including phenoxy) is 1. The molecule has 138 valence electrons. The van der Waals surface area contributed by atoms with Crippen LogP contribution in [-0.4, -0.2) is 52.1 Å². The second-order valence-electron chi connectivity index (χ2n) is 6.24. The Morgan fingerprint density at radius 2 is 1.92 bits per heavy atom. The van der Waals surface area contributed by atoms with E-state index in [1.54, 1.807) is 29.2 Å². The summed E-state index contributed by atoms with van der Waals surface area (Å²) in [6.45, 7) is 2.25. The van der Waals surface area contributed by atoms with Crippen molar-refractivity contribution in [2.75, 3.05) is 19.7 Å². The summed E-state index contributed by atoms with van der Waals surface area (Å²) in [4.78, 5) is 46.5. The number of aliphatic carboxylic acids is 1. The van der Waals surface area contributed by atoms with Crippen LogP contribution >= 0.6 is 0 Å². The summed E-state index contributed by atoms with van der Waals surface area (Å²) in [7, 11) is 0. The molecule has 2 aliphatic rings. The lowest BCUT2D eigenvalue weighted by atomic mass is 10.0. The van der Waals surface area contributed by atoms with E-state index in [4.69, 9.17) is 19.1 Å². The number of aromatic nitrogens is 1. The van der Waals surface area contributed by atoms with Crippen LogP contribution < -0.4 is 5.76 Å². The highest BCUT2D eigenvalue weighted by atomic mass is 16.5. The number of fused-ring (bicyclic) bond motifs is 2. The number of esters is 1. The first kappa shape index (κ1) is 17.7. The first-order chi connectivity index (χ1) is 12.4. The van der Waals surface area contributed by atoms with Crippen LogP contribution in [0.5, 0.6) is 0 Å². The smallest absolute Gasteiger partial charge is 0.420 e. The van der Waals surface area contributed by atoms with E-state index in [0.29, 0.717) is 30.8 Å². The van der Waals surface area contributed by atoms with Gasteiger partial charge in [-0.15, -0.1) is 0 Å². The molecule has 0 bridgehead atoms. The zero-order chi connectivity index (χ0) is 18.8. The Bertz CT molecular complexity index is 909. The minimum atomic E-state index is -0.833. The first-order valence-corrected chi connectivity index (χ1v) is 8.09. The van der Waals surface area contributed by atoms with Gasteiger partial charge in [0.25, 0.3) is 5.97 Å². The number of carboxylic acids is 1. The molecule has 0 radical (unpaired) electrons.